The maximum Gasteiger partial charge on any atom is 0.259 e. The number of halogens is 2. The van der Waals surface area contributed by atoms with Gasteiger partial charge in [-0.15, -0.1) is 0 Å². The molecule has 0 radical (unpaired) electrons. The molecule has 0 bridgehead atoms. The van der Waals surface area contributed by atoms with E-state index in [0.717, 1.165) is 5.69 Å². The lowest BCUT2D eigenvalue weighted by molar-refractivity contribution is 0.102. The minimum atomic E-state index is -0.510. The van der Waals surface area contributed by atoms with Crippen LogP contribution < -0.4 is 10.6 Å². The van der Waals surface area contributed by atoms with Gasteiger partial charge in [0.25, 0.3) is 5.91 Å². The Kier molecular flexibility index (Phi) is 4.20. The SMILES string of the molecule is CNc1cc(C)ncc1C(=O)Nc1cc(F)cc(Cl)c1. The van der Waals surface area contributed by atoms with Crippen LogP contribution in [-0.4, -0.2) is 17.9 Å². The highest BCUT2D eigenvalue weighted by molar-refractivity contribution is 6.31. The van der Waals surface area contributed by atoms with Crippen molar-refractivity contribution in [3.05, 3.63) is 52.6 Å². The molecule has 0 saturated heterocycles. The molecule has 20 heavy (non-hydrogen) atoms. The van der Waals surface area contributed by atoms with Gasteiger partial charge in [0.2, 0.25) is 0 Å². The number of aromatic nitrogens is 1. The number of hydrogen-bond acceptors (Lipinski definition) is 3. The third-order valence-corrected chi connectivity index (χ3v) is 2.89. The number of amides is 1. The molecule has 1 heterocycles. The molecule has 104 valence electrons. The summed E-state index contributed by atoms with van der Waals surface area (Å²) in [6.45, 7) is 1.83. The Labute approximate surface area is 121 Å². The summed E-state index contributed by atoms with van der Waals surface area (Å²) in [6.07, 6.45) is 1.47. The van der Waals surface area contributed by atoms with Crippen LogP contribution in [0.5, 0.6) is 0 Å². The number of hydrogen-bond donors (Lipinski definition) is 2. The van der Waals surface area contributed by atoms with Crippen molar-refractivity contribution in [2.75, 3.05) is 17.7 Å². The summed E-state index contributed by atoms with van der Waals surface area (Å²) >= 11 is 5.74. The van der Waals surface area contributed by atoms with E-state index in [4.69, 9.17) is 11.6 Å². The first kappa shape index (κ1) is 14.3. The minimum Gasteiger partial charge on any atom is -0.387 e. The molecule has 0 saturated carbocycles. The molecule has 0 unspecified atom stereocenters. The van der Waals surface area contributed by atoms with Crippen LogP contribution in [0.1, 0.15) is 16.1 Å². The number of pyridine rings is 1. The van der Waals surface area contributed by atoms with Crippen molar-refractivity contribution in [3.8, 4) is 0 Å². The number of carbonyl (C=O) groups excluding carboxylic acids is 1. The van der Waals surface area contributed by atoms with Crippen molar-refractivity contribution in [2.24, 2.45) is 0 Å². The van der Waals surface area contributed by atoms with Gasteiger partial charge >= 0.3 is 0 Å². The fourth-order valence-electron chi connectivity index (χ4n) is 1.77. The van der Waals surface area contributed by atoms with Crippen molar-refractivity contribution in [1.82, 2.24) is 4.98 Å². The summed E-state index contributed by atoms with van der Waals surface area (Å²) in [7, 11) is 1.71. The molecular formula is C14H13ClFN3O. The average Bonchev–Trinajstić information content (AvgIpc) is 2.37. The number of nitrogens with zero attached hydrogens (tertiary/aromatic N) is 1. The topological polar surface area (TPSA) is 54.0 Å². The molecule has 4 nitrogen and oxygen atoms in total. The zero-order chi connectivity index (χ0) is 14.7. The van der Waals surface area contributed by atoms with Crippen molar-refractivity contribution < 1.29 is 9.18 Å². The van der Waals surface area contributed by atoms with E-state index in [1.165, 1.54) is 24.4 Å². The monoisotopic (exact) mass is 293 g/mol. The molecule has 0 atom stereocenters. The van der Waals surface area contributed by atoms with Crippen LogP contribution in [0.4, 0.5) is 15.8 Å². The summed E-state index contributed by atoms with van der Waals surface area (Å²) in [5, 5.41) is 5.73. The van der Waals surface area contributed by atoms with Crippen LogP contribution >= 0.6 is 11.6 Å². The largest absolute Gasteiger partial charge is 0.387 e. The summed E-state index contributed by atoms with van der Waals surface area (Å²) in [5.41, 5.74) is 2.11. The molecule has 1 amide bonds. The standard InChI is InChI=1S/C14H13ClFN3O/c1-8-3-13(17-2)12(7-18-8)14(20)19-11-5-9(15)4-10(16)6-11/h3-7H,1-2H3,(H,17,18)(H,19,20). The fourth-order valence-corrected chi connectivity index (χ4v) is 1.99. The van der Waals surface area contributed by atoms with Crippen LogP contribution in [0, 0.1) is 12.7 Å². The van der Waals surface area contributed by atoms with Crippen molar-refractivity contribution >= 4 is 28.9 Å². The van der Waals surface area contributed by atoms with Gasteiger partial charge in [-0.2, -0.15) is 0 Å². The van der Waals surface area contributed by atoms with Crippen molar-refractivity contribution in [3.63, 3.8) is 0 Å². The minimum absolute atomic E-state index is 0.219. The van der Waals surface area contributed by atoms with Gasteiger partial charge in [0.1, 0.15) is 5.82 Å². The second-order valence-electron chi connectivity index (χ2n) is 4.23. The highest BCUT2D eigenvalue weighted by atomic mass is 35.5. The Morgan fingerprint density at radius 1 is 1.30 bits per heavy atom. The first-order valence-electron chi connectivity index (χ1n) is 5.91. The van der Waals surface area contributed by atoms with Gasteiger partial charge in [0.05, 0.1) is 11.3 Å². The molecule has 0 spiro atoms. The zero-order valence-corrected chi connectivity index (χ0v) is 11.8. The van der Waals surface area contributed by atoms with Gasteiger partial charge < -0.3 is 10.6 Å². The molecule has 6 heteroatoms. The lowest BCUT2D eigenvalue weighted by Crippen LogP contribution is -2.14. The second kappa shape index (κ2) is 5.88. The third kappa shape index (κ3) is 3.24. The summed E-state index contributed by atoms with van der Waals surface area (Å²) in [4.78, 5) is 16.3. The van der Waals surface area contributed by atoms with Crippen LogP contribution in [0.25, 0.3) is 0 Å². The predicted octanol–water partition coefficient (Wildman–Crippen LogP) is 3.48. The van der Waals surface area contributed by atoms with Gasteiger partial charge in [-0.3, -0.25) is 9.78 Å². The highest BCUT2D eigenvalue weighted by Crippen LogP contribution is 2.21. The lowest BCUT2D eigenvalue weighted by Gasteiger charge is -2.10. The molecule has 1 aromatic carbocycles. The van der Waals surface area contributed by atoms with E-state index in [-0.39, 0.29) is 10.9 Å². The Morgan fingerprint density at radius 3 is 2.70 bits per heavy atom. The van der Waals surface area contributed by atoms with E-state index in [1.54, 1.807) is 13.1 Å². The van der Waals surface area contributed by atoms with Crippen LogP contribution in [-0.2, 0) is 0 Å². The van der Waals surface area contributed by atoms with E-state index >= 15 is 0 Å². The van der Waals surface area contributed by atoms with Crippen molar-refractivity contribution in [1.29, 1.82) is 0 Å². The Hall–Kier alpha value is -2.14. The summed E-state index contributed by atoms with van der Waals surface area (Å²) in [6, 6.07) is 5.60. The van der Waals surface area contributed by atoms with Crippen LogP contribution in [0.3, 0.4) is 0 Å². The number of carbonyl (C=O) groups is 1. The molecule has 2 N–H and O–H groups in total. The van der Waals surface area contributed by atoms with Gasteiger partial charge in [-0.25, -0.2) is 4.39 Å². The molecule has 0 fully saturated rings. The number of benzene rings is 1. The zero-order valence-electron chi connectivity index (χ0n) is 11.0. The number of anilines is 2. The average molecular weight is 294 g/mol. The van der Waals surface area contributed by atoms with E-state index in [0.29, 0.717) is 16.9 Å². The normalized spacial score (nSPS) is 10.2. The smallest absolute Gasteiger partial charge is 0.259 e. The Morgan fingerprint density at radius 2 is 2.05 bits per heavy atom. The maximum atomic E-state index is 13.2. The lowest BCUT2D eigenvalue weighted by atomic mass is 10.2. The van der Waals surface area contributed by atoms with Crippen molar-refractivity contribution in [2.45, 2.75) is 6.92 Å². The molecule has 0 aliphatic rings. The number of rotatable bonds is 3. The number of aryl methyl sites for hydroxylation is 1. The highest BCUT2D eigenvalue weighted by Gasteiger charge is 2.12. The van der Waals surface area contributed by atoms with Crippen LogP contribution in [0.15, 0.2) is 30.5 Å². The predicted molar refractivity (Wildman–Crippen MR) is 77.9 cm³/mol. The molecule has 0 aliphatic carbocycles. The molecule has 2 rings (SSSR count). The molecule has 0 aliphatic heterocycles. The third-order valence-electron chi connectivity index (χ3n) is 2.68. The summed E-state index contributed by atoms with van der Waals surface area (Å²) in [5.74, 6) is -0.896. The maximum absolute atomic E-state index is 13.2. The number of nitrogens with one attached hydrogen (secondary N) is 2. The second-order valence-corrected chi connectivity index (χ2v) is 4.67. The van der Waals surface area contributed by atoms with Gasteiger partial charge in [0, 0.05) is 29.6 Å². The Bertz CT molecular complexity index is 641. The molecular weight excluding hydrogens is 281 g/mol. The first-order valence-corrected chi connectivity index (χ1v) is 6.29. The van der Waals surface area contributed by atoms with E-state index in [1.807, 2.05) is 6.92 Å². The first-order chi connectivity index (χ1) is 9.49. The Balaban J connectivity index is 2.28. The van der Waals surface area contributed by atoms with E-state index in [2.05, 4.69) is 15.6 Å². The quantitative estimate of drug-likeness (QED) is 0.911. The van der Waals surface area contributed by atoms with Gasteiger partial charge in [0.15, 0.2) is 0 Å². The van der Waals surface area contributed by atoms with E-state index in [9.17, 15) is 9.18 Å². The molecule has 1 aromatic heterocycles. The van der Waals surface area contributed by atoms with Gasteiger partial charge in [-0.05, 0) is 31.2 Å². The van der Waals surface area contributed by atoms with Crippen LogP contribution in [0.2, 0.25) is 5.02 Å². The van der Waals surface area contributed by atoms with E-state index < -0.39 is 5.82 Å². The molecule has 2 aromatic rings. The summed E-state index contributed by atoms with van der Waals surface area (Å²) < 4.78 is 13.2. The van der Waals surface area contributed by atoms with Gasteiger partial charge in [-0.1, -0.05) is 11.6 Å². The fraction of sp³-hybridized carbons (Fsp3) is 0.143.